The van der Waals surface area contributed by atoms with Crippen LogP contribution in [0, 0.1) is 0 Å². The summed E-state index contributed by atoms with van der Waals surface area (Å²) in [6, 6.07) is 8.65. The van der Waals surface area contributed by atoms with Gasteiger partial charge in [-0.3, -0.25) is 0 Å². The molecule has 1 saturated heterocycles. The zero-order valence-electron chi connectivity index (χ0n) is 12.6. The van der Waals surface area contributed by atoms with Gasteiger partial charge in [0.15, 0.2) is 0 Å². The monoisotopic (exact) mass is 295 g/mol. The molecule has 2 rings (SSSR count). The molecule has 112 valence electrons. The van der Waals surface area contributed by atoms with Crippen LogP contribution in [0.4, 0.5) is 0 Å². The molecule has 2 unspecified atom stereocenters. The number of rotatable bonds is 5. The number of piperidine rings is 1. The highest BCUT2D eigenvalue weighted by Gasteiger charge is 2.21. The Kier molecular flexibility index (Phi) is 5.85. The van der Waals surface area contributed by atoms with Crippen LogP contribution in [-0.4, -0.2) is 49.6 Å². The minimum Gasteiger partial charge on any atom is -0.324 e. The van der Waals surface area contributed by atoms with Gasteiger partial charge in [0, 0.05) is 23.7 Å². The van der Waals surface area contributed by atoms with Gasteiger partial charge in [0.05, 0.1) is 0 Å². The largest absolute Gasteiger partial charge is 0.324 e. The van der Waals surface area contributed by atoms with Crippen LogP contribution in [0.5, 0.6) is 0 Å². The van der Waals surface area contributed by atoms with Crippen LogP contribution in [0.1, 0.15) is 30.9 Å². The first-order valence-electron chi connectivity index (χ1n) is 7.46. The molecule has 1 aliphatic heterocycles. The van der Waals surface area contributed by atoms with E-state index in [1.54, 1.807) is 0 Å². The Labute approximate surface area is 127 Å². The Balaban J connectivity index is 1.80. The Morgan fingerprint density at radius 1 is 1.40 bits per heavy atom. The number of nitrogens with zero attached hydrogens (tertiary/aromatic N) is 2. The van der Waals surface area contributed by atoms with E-state index < -0.39 is 0 Å². The summed E-state index contributed by atoms with van der Waals surface area (Å²) in [5.41, 5.74) is 7.44. The van der Waals surface area contributed by atoms with Crippen molar-refractivity contribution in [2.45, 2.75) is 31.3 Å². The molecule has 4 heteroatoms. The zero-order valence-corrected chi connectivity index (χ0v) is 13.3. The molecule has 0 spiro atoms. The molecule has 0 radical (unpaired) electrons. The van der Waals surface area contributed by atoms with Crippen molar-refractivity contribution in [1.29, 1.82) is 0 Å². The molecule has 0 aromatic heterocycles. The molecule has 20 heavy (non-hydrogen) atoms. The molecular formula is C16H26ClN3. The highest BCUT2D eigenvalue weighted by Crippen LogP contribution is 2.19. The van der Waals surface area contributed by atoms with Crippen molar-refractivity contribution in [2.75, 3.05) is 33.7 Å². The minimum atomic E-state index is 0.0936. The second-order valence-electron chi connectivity index (χ2n) is 5.99. The Bertz CT molecular complexity index is 407. The molecule has 0 bridgehead atoms. The number of likely N-dealkylation sites (N-methyl/N-ethyl adjacent to an activating group) is 2. The van der Waals surface area contributed by atoms with E-state index in [-0.39, 0.29) is 6.04 Å². The summed E-state index contributed by atoms with van der Waals surface area (Å²) in [6.45, 7) is 3.45. The molecule has 2 atom stereocenters. The highest BCUT2D eigenvalue weighted by atomic mass is 35.5. The lowest BCUT2D eigenvalue weighted by atomic mass is 10.0. The fourth-order valence-corrected chi connectivity index (χ4v) is 3.03. The quantitative estimate of drug-likeness (QED) is 0.906. The van der Waals surface area contributed by atoms with Gasteiger partial charge in [-0.1, -0.05) is 23.7 Å². The van der Waals surface area contributed by atoms with Crippen molar-refractivity contribution in [3.05, 3.63) is 34.9 Å². The molecule has 3 nitrogen and oxygen atoms in total. The fraction of sp³-hybridized carbons (Fsp3) is 0.625. The summed E-state index contributed by atoms with van der Waals surface area (Å²) >= 11 is 5.91. The maximum absolute atomic E-state index is 6.27. The van der Waals surface area contributed by atoms with E-state index in [0.29, 0.717) is 6.04 Å². The van der Waals surface area contributed by atoms with E-state index >= 15 is 0 Å². The molecule has 1 heterocycles. The Hall–Kier alpha value is -0.610. The van der Waals surface area contributed by atoms with E-state index in [0.717, 1.165) is 18.0 Å². The zero-order chi connectivity index (χ0) is 14.5. The maximum Gasteiger partial charge on any atom is 0.0406 e. The third kappa shape index (κ3) is 4.45. The molecule has 1 aliphatic rings. The summed E-state index contributed by atoms with van der Waals surface area (Å²) in [5, 5.41) is 0.767. The van der Waals surface area contributed by atoms with E-state index in [1.807, 2.05) is 24.3 Å². The topological polar surface area (TPSA) is 32.5 Å². The third-order valence-electron chi connectivity index (χ3n) is 4.31. The first-order valence-corrected chi connectivity index (χ1v) is 7.84. The fourth-order valence-electron chi connectivity index (χ4n) is 2.90. The number of hydrogen-bond donors (Lipinski definition) is 1. The maximum atomic E-state index is 6.27. The molecular weight excluding hydrogens is 270 g/mol. The smallest absolute Gasteiger partial charge is 0.0406 e. The van der Waals surface area contributed by atoms with Crippen molar-refractivity contribution in [1.82, 2.24) is 9.80 Å². The Morgan fingerprint density at radius 2 is 2.10 bits per heavy atom. The molecule has 1 fully saturated rings. The first-order chi connectivity index (χ1) is 9.56. The molecule has 1 aromatic rings. The van der Waals surface area contributed by atoms with Crippen LogP contribution in [0.25, 0.3) is 0 Å². The summed E-state index contributed by atoms with van der Waals surface area (Å²) in [7, 11) is 4.43. The summed E-state index contributed by atoms with van der Waals surface area (Å²) in [6.07, 6.45) is 3.59. The van der Waals surface area contributed by atoms with E-state index in [9.17, 15) is 0 Å². The van der Waals surface area contributed by atoms with Gasteiger partial charge in [-0.05, 0) is 64.1 Å². The van der Waals surface area contributed by atoms with Gasteiger partial charge in [0.1, 0.15) is 0 Å². The van der Waals surface area contributed by atoms with E-state index in [4.69, 9.17) is 17.3 Å². The van der Waals surface area contributed by atoms with Crippen molar-refractivity contribution in [3.63, 3.8) is 0 Å². The van der Waals surface area contributed by atoms with Crippen LogP contribution in [0.2, 0.25) is 5.02 Å². The molecule has 1 aromatic carbocycles. The van der Waals surface area contributed by atoms with E-state index in [2.05, 4.69) is 23.9 Å². The minimum absolute atomic E-state index is 0.0936. The van der Waals surface area contributed by atoms with Gasteiger partial charge in [-0.15, -0.1) is 0 Å². The summed E-state index contributed by atoms with van der Waals surface area (Å²) < 4.78 is 0. The lowest BCUT2D eigenvalue weighted by Gasteiger charge is -2.36. The van der Waals surface area contributed by atoms with Crippen LogP contribution in [0.3, 0.4) is 0 Å². The van der Waals surface area contributed by atoms with E-state index in [1.165, 1.54) is 31.5 Å². The normalized spacial score (nSPS) is 22.1. The van der Waals surface area contributed by atoms with Gasteiger partial charge in [0.2, 0.25) is 0 Å². The number of halogens is 1. The number of hydrogen-bond acceptors (Lipinski definition) is 3. The highest BCUT2D eigenvalue weighted by molar-refractivity contribution is 6.30. The Morgan fingerprint density at radius 3 is 2.75 bits per heavy atom. The predicted octanol–water partition coefficient (Wildman–Crippen LogP) is 2.76. The van der Waals surface area contributed by atoms with Crippen LogP contribution >= 0.6 is 11.6 Å². The average molecular weight is 296 g/mol. The van der Waals surface area contributed by atoms with Gasteiger partial charge in [-0.2, -0.15) is 0 Å². The second-order valence-corrected chi connectivity index (χ2v) is 6.42. The molecule has 2 N–H and O–H groups in total. The average Bonchev–Trinajstić information content (AvgIpc) is 2.45. The van der Waals surface area contributed by atoms with Crippen LogP contribution < -0.4 is 5.73 Å². The van der Waals surface area contributed by atoms with Crippen LogP contribution in [0.15, 0.2) is 24.3 Å². The predicted molar refractivity (Wildman–Crippen MR) is 86.1 cm³/mol. The lowest BCUT2D eigenvalue weighted by molar-refractivity contribution is 0.132. The third-order valence-corrected chi connectivity index (χ3v) is 4.57. The first kappa shape index (κ1) is 15.8. The van der Waals surface area contributed by atoms with Crippen molar-refractivity contribution >= 4 is 11.6 Å². The summed E-state index contributed by atoms with van der Waals surface area (Å²) in [5.74, 6) is 0. The summed E-state index contributed by atoms with van der Waals surface area (Å²) in [4.78, 5) is 4.88. The lowest BCUT2D eigenvalue weighted by Crippen LogP contribution is -2.45. The van der Waals surface area contributed by atoms with Gasteiger partial charge < -0.3 is 15.5 Å². The van der Waals surface area contributed by atoms with Gasteiger partial charge >= 0.3 is 0 Å². The number of likely N-dealkylation sites (tertiary alicyclic amines) is 1. The number of nitrogens with two attached hydrogens (primary N) is 1. The van der Waals surface area contributed by atoms with Gasteiger partial charge in [0.25, 0.3) is 0 Å². The van der Waals surface area contributed by atoms with Crippen molar-refractivity contribution in [3.8, 4) is 0 Å². The van der Waals surface area contributed by atoms with Crippen molar-refractivity contribution in [2.24, 2.45) is 5.73 Å². The SMILES string of the molecule is CN1CCCC(N(C)CCC(N)c2ccc(Cl)cc2)C1. The van der Waals surface area contributed by atoms with Crippen LogP contribution in [-0.2, 0) is 0 Å². The standard InChI is InChI=1S/C16H26ClN3/c1-19-10-3-4-15(12-19)20(2)11-9-16(18)13-5-7-14(17)8-6-13/h5-8,15-16H,3-4,9-12,18H2,1-2H3. The second kappa shape index (κ2) is 7.41. The molecule has 0 amide bonds. The molecule has 0 aliphatic carbocycles. The number of benzene rings is 1. The van der Waals surface area contributed by atoms with Gasteiger partial charge in [-0.25, -0.2) is 0 Å². The molecule has 0 saturated carbocycles. The van der Waals surface area contributed by atoms with Crippen molar-refractivity contribution < 1.29 is 0 Å².